The molecule has 0 heterocycles. The van der Waals surface area contributed by atoms with Gasteiger partial charge in [0.05, 0.1) is 0 Å². The molecule has 1 aromatic rings. The largest absolute Gasteiger partial charge is 0.356 e. The fourth-order valence-corrected chi connectivity index (χ4v) is 2.05. The Morgan fingerprint density at radius 1 is 1.56 bits per heavy atom. The molecule has 0 bridgehead atoms. The van der Waals surface area contributed by atoms with E-state index in [4.69, 9.17) is 11.6 Å². The van der Waals surface area contributed by atoms with E-state index in [1.807, 2.05) is 24.3 Å². The quantitative estimate of drug-likeness (QED) is 0.857. The molecule has 86 valence electrons. The van der Waals surface area contributed by atoms with Crippen LogP contribution in [0.4, 0.5) is 0 Å². The van der Waals surface area contributed by atoms with Gasteiger partial charge in [-0.25, -0.2) is 0 Å². The van der Waals surface area contributed by atoms with Crippen molar-refractivity contribution >= 4 is 17.5 Å². The second-order valence-electron chi connectivity index (χ2n) is 4.49. The molecule has 1 fully saturated rings. The summed E-state index contributed by atoms with van der Waals surface area (Å²) in [6.45, 7) is 2.81. The maximum absolute atomic E-state index is 11.5. The van der Waals surface area contributed by atoms with E-state index in [0.717, 1.165) is 23.4 Å². The molecule has 1 N–H and O–H groups in total. The van der Waals surface area contributed by atoms with Crippen LogP contribution < -0.4 is 5.32 Å². The highest BCUT2D eigenvalue weighted by Gasteiger charge is 2.38. The van der Waals surface area contributed by atoms with Crippen LogP contribution in [0.15, 0.2) is 24.3 Å². The highest BCUT2D eigenvalue weighted by molar-refractivity contribution is 6.30. The molecule has 1 saturated carbocycles. The molecular weight excluding hydrogens is 222 g/mol. The lowest BCUT2D eigenvalue weighted by Gasteiger charge is -2.04. The first-order valence-corrected chi connectivity index (χ1v) is 6.07. The van der Waals surface area contributed by atoms with Gasteiger partial charge in [-0.15, -0.1) is 0 Å². The zero-order valence-electron chi connectivity index (χ0n) is 9.37. The number of hydrogen-bond donors (Lipinski definition) is 1. The standard InChI is InChI=1S/C13H16ClNO/c1-9-7-12(9)13(16)15-6-5-10-3-2-4-11(14)8-10/h2-4,8-9,12H,5-7H2,1H3,(H,15,16)/t9-,12+/m1/s1. The monoisotopic (exact) mass is 237 g/mol. The number of hydrogen-bond acceptors (Lipinski definition) is 1. The third-order valence-electron chi connectivity index (χ3n) is 3.05. The summed E-state index contributed by atoms with van der Waals surface area (Å²) in [5.74, 6) is 1.04. The van der Waals surface area contributed by atoms with Crippen LogP contribution in [-0.2, 0) is 11.2 Å². The maximum atomic E-state index is 11.5. The van der Waals surface area contributed by atoms with Gasteiger partial charge in [-0.1, -0.05) is 30.7 Å². The van der Waals surface area contributed by atoms with Gasteiger partial charge in [0.25, 0.3) is 0 Å². The maximum Gasteiger partial charge on any atom is 0.223 e. The first-order valence-electron chi connectivity index (χ1n) is 5.69. The average molecular weight is 238 g/mol. The Kier molecular flexibility index (Phi) is 3.49. The molecule has 1 amide bonds. The van der Waals surface area contributed by atoms with E-state index in [2.05, 4.69) is 12.2 Å². The van der Waals surface area contributed by atoms with Crippen molar-refractivity contribution < 1.29 is 4.79 Å². The highest BCUT2D eigenvalue weighted by Crippen LogP contribution is 2.37. The van der Waals surface area contributed by atoms with E-state index in [-0.39, 0.29) is 11.8 Å². The van der Waals surface area contributed by atoms with Gasteiger partial charge in [-0.3, -0.25) is 4.79 Å². The van der Waals surface area contributed by atoms with Gasteiger partial charge in [-0.05, 0) is 36.5 Å². The molecule has 2 rings (SSSR count). The van der Waals surface area contributed by atoms with Crippen molar-refractivity contribution in [3.63, 3.8) is 0 Å². The lowest BCUT2D eigenvalue weighted by molar-refractivity contribution is -0.122. The van der Waals surface area contributed by atoms with Gasteiger partial charge in [0.1, 0.15) is 0 Å². The Labute approximate surface area is 101 Å². The summed E-state index contributed by atoms with van der Waals surface area (Å²) >= 11 is 5.88. The minimum Gasteiger partial charge on any atom is -0.356 e. The van der Waals surface area contributed by atoms with Gasteiger partial charge < -0.3 is 5.32 Å². The van der Waals surface area contributed by atoms with Gasteiger partial charge in [0, 0.05) is 17.5 Å². The van der Waals surface area contributed by atoms with Crippen LogP contribution in [0.3, 0.4) is 0 Å². The molecule has 2 nitrogen and oxygen atoms in total. The first kappa shape index (κ1) is 11.5. The zero-order chi connectivity index (χ0) is 11.5. The van der Waals surface area contributed by atoms with Gasteiger partial charge in [0.2, 0.25) is 5.91 Å². The van der Waals surface area contributed by atoms with Crippen molar-refractivity contribution in [3.8, 4) is 0 Å². The van der Waals surface area contributed by atoms with E-state index >= 15 is 0 Å². The molecule has 1 aliphatic carbocycles. The smallest absolute Gasteiger partial charge is 0.223 e. The topological polar surface area (TPSA) is 29.1 Å². The van der Waals surface area contributed by atoms with Crippen molar-refractivity contribution in [2.24, 2.45) is 11.8 Å². The van der Waals surface area contributed by atoms with Crippen LogP contribution in [-0.4, -0.2) is 12.5 Å². The minimum absolute atomic E-state index is 0.203. The second kappa shape index (κ2) is 4.88. The van der Waals surface area contributed by atoms with Crippen LogP contribution in [0.25, 0.3) is 0 Å². The third-order valence-corrected chi connectivity index (χ3v) is 3.28. The lowest BCUT2D eigenvalue weighted by atomic mass is 10.1. The number of rotatable bonds is 4. The van der Waals surface area contributed by atoms with Gasteiger partial charge in [0.15, 0.2) is 0 Å². The fourth-order valence-electron chi connectivity index (χ4n) is 1.84. The van der Waals surface area contributed by atoms with Crippen molar-refractivity contribution in [2.45, 2.75) is 19.8 Å². The molecule has 0 unspecified atom stereocenters. The van der Waals surface area contributed by atoms with Crippen LogP contribution in [0.5, 0.6) is 0 Å². The van der Waals surface area contributed by atoms with Crippen molar-refractivity contribution in [1.82, 2.24) is 5.32 Å². The number of benzene rings is 1. The van der Waals surface area contributed by atoms with E-state index in [9.17, 15) is 4.79 Å². The normalized spacial score (nSPS) is 22.9. The number of halogens is 1. The molecule has 0 spiro atoms. The van der Waals surface area contributed by atoms with Crippen molar-refractivity contribution in [3.05, 3.63) is 34.9 Å². The average Bonchev–Trinajstić information content (AvgIpc) is 2.96. The second-order valence-corrected chi connectivity index (χ2v) is 4.93. The Bertz CT molecular complexity index is 391. The molecule has 1 aliphatic rings. The molecule has 1 aromatic carbocycles. The molecule has 0 radical (unpaired) electrons. The van der Waals surface area contributed by atoms with Gasteiger partial charge >= 0.3 is 0 Å². The Balaban J connectivity index is 1.74. The molecule has 0 saturated heterocycles. The van der Waals surface area contributed by atoms with E-state index in [0.29, 0.717) is 12.5 Å². The summed E-state index contributed by atoms with van der Waals surface area (Å²) < 4.78 is 0. The molecule has 0 aliphatic heterocycles. The molecule has 2 atom stereocenters. The van der Waals surface area contributed by atoms with Crippen LogP contribution >= 0.6 is 11.6 Å². The van der Waals surface area contributed by atoms with E-state index in [1.54, 1.807) is 0 Å². The lowest BCUT2D eigenvalue weighted by Crippen LogP contribution is -2.27. The number of carbonyl (C=O) groups excluding carboxylic acids is 1. The molecule has 0 aromatic heterocycles. The fraction of sp³-hybridized carbons (Fsp3) is 0.462. The zero-order valence-corrected chi connectivity index (χ0v) is 10.1. The Morgan fingerprint density at radius 2 is 2.31 bits per heavy atom. The first-order chi connectivity index (χ1) is 7.66. The Morgan fingerprint density at radius 3 is 2.94 bits per heavy atom. The van der Waals surface area contributed by atoms with Crippen LogP contribution in [0.1, 0.15) is 18.9 Å². The molecule has 16 heavy (non-hydrogen) atoms. The highest BCUT2D eigenvalue weighted by atomic mass is 35.5. The number of nitrogens with one attached hydrogen (secondary N) is 1. The third kappa shape index (κ3) is 2.99. The van der Waals surface area contributed by atoms with Crippen molar-refractivity contribution in [1.29, 1.82) is 0 Å². The SMILES string of the molecule is C[C@@H]1C[C@@H]1C(=O)NCCc1cccc(Cl)c1. The minimum atomic E-state index is 0.203. The number of carbonyl (C=O) groups is 1. The molecule has 3 heteroatoms. The predicted octanol–water partition coefficient (Wildman–Crippen LogP) is 2.65. The van der Waals surface area contributed by atoms with Crippen LogP contribution in [0.2, 0.25) is 5.02 Å². The van der Waals surface area contributed by atoms with E-state index in [1.165, 1.54) is 0 Å². The van der Waals surface area contributed by atoms with E-state index < -0.39 is 0 Å². The summed E-state index contributed by atoms with van der Waals surface area (Å²) in [4.78, 5) is 11.5. The van der Waals surface area contributed by atoms with Crippen molar-refractivity contribution in [2.75, 3.05) is 6.54 Å². The number of amides is 1. The van der Waals surface area contributed by atoms with Gasteiger partial charge in [-0.2, -0.15) is 0 Å². The summed E-state index contributed by atoms with van der Waals surface area (Å²) in [5.41, 5.74) is 1.16. The summed E-state index contributed by atoms with van der Waals surface area (Å²) in [5, 5.41) is 3.71. The summed E-state index contributed by atoms with van der Waals surface area (Å²) in [7, 11) is 0. The Hall–Kier alpha value is -1.02. The predicted molar refractivity (Wildman–Crippen MR) is 65.4 cm³/mol. The molecular formula is C13H16ClNO. The van der Waals surface area contributed by atoms with Crippen LogP contribution in [0, 0.1) is 11.8 Å². The summed E-state index contributed by atoms with van der Waals surface area (Å²) in [6, 6.07) is 7.75. The summed E-state index contributed by atoms with van der Waals surface area (Å²) in [6.07, 6.45) is 1.89.